The highest BCUT2D eigenvalue weighted by molar-refractivity contribution is 7.73. The molecule has 0 saturated carbocycles. The van der Waals surface area contributed by atoms with Crippen LogP contribution in [-0.2, 0) is 18.3 Å². The van der Waals surface area contributed by atoms with Crippen LogP contribution in [0.25, 0.3) is 5.69 Å². The van der Waals surface area contributed by atoms with Gasteiger partial charge in [-0.3, -0.25) is 4.57 Å². The zero-order valence-corrected chi connectivity index (χ0v) is 14.0. The Morgan fingerprint density at radius 2 is 1.80 bits per heavy atom. The number of hydrogen-bond donors (Lipinski definition) is 0. The van der Waals surface area contributed by atoms with Gasteiger partial charge in [-0.15, -0.1) is 11.3 Å². The van der Waals surface area contributed by atoms with E-state index in [0.29, 0.717) is 0 Å². The van der Waals surface area contributed by atoms with Gasteiger partial charge in [-0.1, -0.05) is 39.0 Å². The molecule has 0 spiro atoms. The lowest BCUT2D eigenvalue weighted by atomic mass is 9.85. The maximum atomic E-state index is 5.67. The molecular weight excluding hydrogens is 282 g/mol. The number of thiazole rings is 1. The van der Waals surface area contributed by atoms with E-state index in [1.165, 1.54) is 47.5 Å². The number of aromatic nitrogens is 1. The average Bonchev–Trinajstić information content (AvgIpc) is 2.73. The number of rotatable bonds is 1. The molecule has 3 heteroatoms. The van der Waals surface area contributed by atoms with Gasteiger partial charge >= 0.3 is 0 Å². The van der Waals surface area contributed by atoms with Gasteiger partial charge in [0.15, 0.2) is 3.95 Å². The van der Waals surface area contributed by atoms with E-state index in [1.54, 1.807) is 0 Å². The van der Waals surface area contributed by atoms with Crippen molar-refractivity contribution in [1.82, 2.24) is 4.57 Å². The quantitative estimate of drug-likeness (QED) is 0.635. The number of benzene rings is 1. The molecule has 2 aromatic rings. The number of fused-ring (bicyclic) bond motifs is 1. The van der Waals surface area contributed by atoms with Gasteiger partial charge in [0.2, 0.25) is 0 Å². The summed E-state index contributed by atoms with van der Waals surface area (Å²) >= 11 is 7.48. The van der Waals surface area contributed by atoms with Crippen LogP contribution in [0.4, 0.5) is 0 Å². The maximum absolute atomic E-state index is 5.67. The van der Waals surface area contributed by atoms with Crippen molar-refractivity contribution in [2.24, 2.45) is 0 Å². The van der Waals surface area contributed by atoms with Gasteiger partial charge in [0, 0.05) is 10.6 Å². The van der Waals surface area contributed by atoms with Crippen LogP contribution in [0.5, 0.6) is 0 Å². The smallest absolute Gasteiger partial charge is 0.166 e. The van der Waals surface area contributed by atoms with E-state index in [1.807, 2.05) is 11.3 Å². The molecular formula is C17H21NS2. The predicted molar refractivity (Wildman–Crippen MR) is 89.8 cm³/mol. The molecule has 0 radical (unpaired) electrons. The zero-order chi connectivity index (χ0) is 14.3. The fourth-order valence-electron chi connectivity index (χ4n) is 3.02. The first-order chi connectivity index (χ1) is 9.48. The van der Waals surface area contributed by atoms with Crippen LogP contribution >= 0.6 is 23.6 Å². The van der Waals surface area contributed by atoms with Gasteiger partial charge in [0.05, 0.1) is 5.69 Å². The average molecular weight is 303 g/mol. The Balaban J connectivity index is 2.25. The summed E-state index contributed by atoms with van der Waals surface area (Å²) in [5, 5.41) is 0. The standard InChI is InChI=1S/C17H21NS2/c1-17(2,3)12-8-4-5-9-13(12)18-14-10-6-7-11-15(14)20-16(18)19/h4-5,8-9H,6-7,10-11H2,1-3H3. The molecule has 0 aliphatic heterocycles. The highest BCUT2D eigenvalue weighted by atomic mass is 32.1. The van der Waals surface area contributed by atoms with Gasteiger partial charge < -0.3 is 0 Å². The molecule has 20 heavy (non-hydrogen) atoms. The van der Waals surface area contributed by atoms with Crippen LogP contribution in [0.15, 0.2) is 24.3 Å². The number of para-hydroxylation sites is 1. The minimum absolute atomic E-state index is 0.134. The fraction of sp³-hybridized carbons (Fsp3) is 0.471. The molecule has 0 atom stereocenters. The fourth-order valence-corrected chi connectivity index (χ4v) is 4.59. The Kier molecular flexibility index (Phi) is 3.59. The molecule has 0 bridgehead atoms. The first kappa shape index (κ1) is 14.0. The summed E-state index contributed by atoms with van der Waals surface area (Å²) in [5.41, 5.74) is 4.25. The SMILES string of the molecule is CC(C)(C)c1ccccc1-n1c2c(sc1=S)CCCC2. The van der Waals surface area contributed by atoms with Crippen LogP contribution in [-0.4, -0.2) is 4.57 Å². The molecule has 3 rings (SSSR count). The first-order valence-electron chi connectivity index (χ1n) is 7.32. The molecule has 1 aromatic carbocycles. The molecule has 0 amide bonds. The molecule has 0 saturated heterocycles. The zero-order valence-electron chi connectivity index (χ0n) is 12.4. The maximum Gasteiger partial charge on any atom is 0.166 e. The number of aryl methyl sites for hydroxylation is 1. The number of nitrogens with zero attached hydrogens (tertiary/aromatic N) is 1. The van der Waals surface area contributed by atoms with Crippen LogP contribution in [0, 0.1) is 3.95 Å². The van der Waals surface area contributed by atoms with Crippen molar-refractivity contribution in [3.8, 4) is 5.69 Å². The molecule has 0 fully saturated rings. The van der Waals surface area contributed by atoms with E-state index >= 15 is 0 Å². The second-order valence-corrected chi connectivity index (χ2v) is 8.28. The summed E-state index contributed by atoms with van der Waals surface area (Å²) in [4.78, 5) is 1.50. The lowest BCUT2D eigenvalue weighted by Crippen LogP contribution is -2.16. The van der Waals surface area contributed by atoms with Gasteiger partial charge in [0.25, 0.3) is 0 Å². The minimum atomic E-state index is 0.134. The van der Waals surface area contributed by atoms with E-state index in [2.05, 4.69) is 49.6 Å². The van der Waals surface area contributed by atoms with E-state index in [0.717, 1.165) is 3.95 Å². The van der Waals surface area contributed by atoms with Crippen molar-refractivity contribution in [2.75, 3.05) is 0 Å². The molecule has 1 heterocycles. The summed E-state index contributed by atoms with van der Waals surface area (Å²) in [6.07, 6.45) is 4.97. The normalized spacial score (nSPS) is 15.2. The minimum Gasteiger partial charge on any atom is -0.295 e. The van der Waals surface area contributed by atoms with E-state index in [4.69, 9.17) is 12.2 Å². The van der Waals surface area contributed by atoms with Crippen molar-refractivity contribution >= 4 is 23.6 Å². The lowest BCUT2D eigenvalue weighted by Gasteiger charge is -2.24. The molecule has 0 unspecified atom stereocenters. The third kappa shape index (κ3) is 2.38. The summed E-state index contributed by atoms with van der Waals surface area (Å²) in [6, 6.07) is 8.72. The van der Waals surface area contributed by atoms with E-state index in [-0.39, 0.29) is 5.41 Å². The van der Waals surface area contributed by atoms with Gasteiger partial charge in [-0.25, -0.2) is 0 Å². The molecule has 1 aliphatic carbocycles. The lowest BCUT2D eigenvalue weighted by molar-refractivity contribution is 0.583. The van der Waals surface area contributed by atoms with Gasteiger partial charge in [-0.05, 0) is 54.9 Å². The van der Waals surface area contributed by atoms with Crippen LogP contribution in [0.3, 0.4) is 0 Å². The largest absolute Gasteiger partial charge is 0.295 e. The van der Waals surface area contributed by atoms with Crippen LogP contribution in [0.1, 0.15) is 49.7 Å². The van der Waals surface area contributed by atoms with Crippen molar-refractivity contribution < 1.29 is 0 Å². The highest BCUT2D eigenvalue weighted by Crippen LogP contribution is 2.34. The second kappa shape index (κ2) is 5.12. The topological polar surface area (TPSA) is 4.93 Å². The van der Waals surface area contributed by atoms with E-state index < -0.39 is 0 Å². The highest BCUT2D eigenvalue weighted by Gasteiger charge is 2.23. The van der Waals surface area contributed by atoms with Crippen LogP contribution < -0.4 is 0 Å². The first-order valence-corrected chi connectivity index (χ1v) is 8.54. The summed E-state index contributed by atoms with van der Waals surface area (Å²) in [6.45, 7) is 6.82. The Morgan fingerprint density at radius 3 is 2.55 bits per heavy atom. The van der Waals surface area contributed by atoms with Crippen molar-refractivity contribution in [3.05, 3.63) is 44.4 Å². The molecule has 1 aromatic heterocycles. The van der Waals surface area contributed by atoms with Crippen molar-refractivity contribution in [3.63, 3.8) is 0 Å². The van der Waals surface area contributed by atoms with Crippen molar-refractivity contribution in [2.45, 2.75) is 51.9 Å². The monoisotopic (exact) mass is 303 g/mol. The summed E-state index contributed by atoms with van der Waals surface area (Å²) in [7, 11) is 0. The molecule has 1 nitrogen and oxygen atoms in total. The Labute approximate surface area is 130 Å². The Bertz CT molecular complexity index is 686. The summed E-state index contributed by atoms with van der Waals surface area (Å²) in [5.74, 6) is 0. The summed E-state index contributed by atoms with van der Waals surface area (Å²) < 4.78 is 3.35. The third-order valence-corrected chi connectivity index (χ3v) is 5.48. The molecule has 106 valence electrons. The van der Waals surface area contributed by atoms with Crippen molar-refractivity contribution in [1.29, 1.82) is 0 Å². The number of hydrogen-bond acceptors (Lipinski definition) is 2. The Hall–Kier alpha value is -0.930. The van der Waals surface area contributed by atoms with Crippen LogP contribution in [0.2, 0.25) is 0 Å². The third-order valence-electron chi connectivity index (χ3n) is 4.01. The predicted octanol–water partition coefficient (Wildman–Crippen LogP) is 5.44. The van der Waals surface area contributed by atoms with Gasteiger partial charge in [0.1, 0.15) is 0 Å². The molecule has 0 N–H and O–H groups in total. The van der Waals surface area contributed by atoms with E-state index in [9.17, 15) is 0 Å². The second-order valence-electron chi connectivity index (χ2n) is 6.55. The Morgan fingerprint density at radius 1 is 1.10 bits per heavy atom. The van der Waals surface area contributed by atoms with Gasteiger partial charge in [-0.2, -0.15) is 0 Å². The molecule has 1 aliphatic rings.